The van der Waals surface area contributed by atoms with Crippen LogP contribution in [0, 0.1) is 0 Å². The van der Waals surface area contributed by atoms with Gasteiger partial charge in [-0.2, -0.15) is 0 Å². The van der Waals surface area contributed by atoms with Crippen molar-refractivity contribution in [1.29, 1.82) is 0 Å². The van der Waals surface area contributed by atoms with E-state index in [1.54, 1.807) is 43.0 Å². The molecule has 2 rings (SSSR count). The Balaban J connectivity index is 2.03. The van der Waals surface area contributed by atoms with Crippen LogP contribution < -0.4 is 5.32 Å². The van der Waals surface area contributed by atoms with Gasteiger partial charge >= 0.3 is 0 Å². The van der Waals surface area contributed by atoms with Crippen LogP contribution in [0.2, 0.25) is 10.0 Å². The van der Waals surface area contributed by atoms with Crippen LogP contribution in [0.15, 0.2) is 48.5 Å². The maximum absolute atomic E-state index is 12.5. The average Bonchev–Trinajstić information content (AvgIpc) is 2.65. The molecule has 0 saturated heterocycles. The Morgan fingerprint density at radius 3 is 1.96 bits per heavy atom. The lowest BCUT2D eigenvalue weighted by atomic mass is 10.1. The molecule has 0 radical (unpaired) electrons. The minimum Gasteiger partial charge on any atom is -0.350 e. The SMILES string of the molecule is CCC(=O)N(Cc1ccc(Cl)cc1)[C@H](C)C(=O)NCc1ccc(Cl)cc1. The van der Waals surface area contributed by atoms with Crippen LogP contribution in [0.4, 0.5) is 0 Å². The van der Waals surface area contributed by atoms with Gasteiger partial charge in [0.1, 0.15) is 6.04 Å². The van der Waals surface area contributed by atoms with E-state index in [0.29, 0.717) is 29.6 Å². The van der Waals surface area contributed by atoms with E-state index in [-0.39, 0.29) is 11.8 Å². The largest absolute Gasteiger partial charge is 0.350 e. The van der Waals surface area contributed by atoms with Crippen molar-refractivity contribution in [1.82, 2.24) is 10.2 Å². The van der Waals surface area contributed by atoms with Gasteiger partial charge in [0.2, 0.25) is 11.8 Å². The van der Waals surface area contributed by atoms with Gasteiger partial charge in [-0.1, -0.05) is 54.4 Å². The first-order valence-electron chi connectivity index (χ1n) is 8.46. The maximum Gasteiger partial charge on any atom is 0.242 e. The first kappa shape index (κ1) is 20.3. The van der Waals surface area contributed by atoms with Gasteiger partial charge in [0, 0.05) is 29.6 Å². The summed E-state index contributed by atoms with van der Waals surface area (Å²) in [6.45, 7) is 4.27. The Labute approximate surface area is 164 Å². The number of hydrogen-bond donors (Lipinski definition) is 1. The Kier molecular flexibility index (Phi) is 7.49. The Bertz CT molecular complexity index is 745. The monoisotopic (exact) mass is 392 g/mol. The zero-order chi connectivity index (χ0) is 19.1. The highest BCUT2D eigenvalue weighted by atomic mass is 35.5. The number of carbonyl (C=O) groups excluding carboxylic acids is 2. The lowest BCUT2D eigenvalue weighted by Crippen LogP contribution is -2.47. The van der Waals surface area contributed by atoms with E-state index in [1.165, 1.54) is 0 Å². The number of nitrogens with one attached hydrogen (secondary N) is 1. The maximum atomic E-state index is 12.5. The molecule has 0 aliphatic heterocycles. The van der Waals surface area contributed by atoms with Gasteiger partial charge in [0.15, 0.2) is 0 Å². The van der Waals surface area contributed by atoms with Crippen molar-refractivity contribution in [3.05, 3.63) is 69.7 Å². The third kappa shape index (κ3) is 5.75. The van der Waals surface area contributed by atoms with Crippen LogP contribution in [-0.4, -0.2) is 22.8 Å². The Hall–Kier alpha value is -2.04. The van der Waals surface area contributed by atoms with Crippen LogP contribution in [0.5, 0.6) is 0 Å². The molecule has 2 amide bonds. The fourth-order valence-corrected chi connectivity index (χ4v) is 2.76. The van der Waals surface area contributed by atoms with Gasteiger partial charge in [-0.3, -0.25) is 9.59 Å². The van der Waals surface area contributed by atoms with E-state index in [2.05, 4.69) is 5.32 Å². The molecule has 0 unspecified atom stereocenters. The first-order valence-corrected chi connectivity index (χ1v) is 9.22. The Morgan fingerprint density at radius 1 is 0.962 bits per heavy atom. The van der Waals surface area contributed by atoms with Gasteiger partial charge in [0.25, 0.3) is 0 Å². The lowest BCUT2D eigenvalue weighted by molar-refractivity contribution is -0.140. The summed E-state index contributed by atoms with van der Waals surface area (Å²) in [6, 6.07) is 14.0. The van der Waals surface area contributed by atoms with Gasteiger partial charge in [0.05, 0.1) is 0 Å². The molecular formula is C20H22Cl2N2O2. The molecule has 0 fully saturated rings. The summed E-state index contributed by atoms with van der Waals surface area (Å²) in [6.07, 6.45) is 0.336. The summed E-state index contributed by atoms with van der Waals surface area (Å²) in [5.74, 6) is -0.273. The van der Waals surface area contributed by atoms with Crippen molar-refractivity contribution in [2.45, 2.75) is 39.4 Å². The lowest BCUT2D eigenvalue weighted by Gasteiger charge is -2.28. The molecule has 0 saturated carbocycles. The highest BCUT2D eigenvalue weighted by Crippen LogP contribution is 2.15. The summed E-state index contributed by atoms with van der Waals surface area (Å²) in [5.41, 5.74) is 1.87. The van der Waals surface area contributed by atoms with Crippen LogP contribution >= 0.6 is 23.2 Å². The van der Waals surface area contributed by atoms with Crippen LogP contribution in [0.3, 0.4) is 0 Å². The van der Waals surface area contributed by atoms with Crippen molar-refractivity contribution in [2.75, 3.05) is 0 Å². The molecule has 2 aromatic carbocycles. The smallest absolute Gasteiger partial charge is 0.242 e. The standard InChI is InChI=1S/C20H22Cl2N2O2/c1-3-19(25)24(13-16-6-10-18(22)11-7-16)14(2)20(26)23-12-15-4-8-17(21)9-5-15/h4-11,14H,3,12-13H2,1-2H3,(H,23,26)/t14-/m1/s1. The van der Waals surface area contributed by atoms with Crippen molar-refractivity contribution in [3.8, 4) is 0 Å². The van der Waals surface area contributed by atoms with Gasteiger partial charge < -0.3 is 10.2 Å². The number of hydrogen-bond acceptors (Lipinski definition) is 2. The second kappa shape index (κ2) is 9.60. The van der Waals surface area contributed by atoms with Gasteiger partial charge in [-0.25, -0.2) is 0 Å². The first-order chi connectivity index (χ1) is 12.4. The number of amides is 2. The highest BCUT2D eigenvalue weighted by Gasteiger charge is 2.24. The zero-order valence-corrected chi connectivity index (χ0v) is 16.3. The normalized spacial score (nSPS) is 11.7. The highest BCUT2D eigenvalue weighted by molar-refractivity contribution is 6.30. The van der Waals surface area contributed by atoms with E-state index in [0.717, 1.165) is 11.1 Å². The number of halogens is 2. The molecule has 26 heavy (non-hydrogen) atoms. The average molecular weight is 393 g/mol. The van der Waals surface area contributed by atoms with E-state index in [1.807, 2.05) is 24.3 Å². The Morgan fingerprint density at radius 2 is 1.46 bits per heavy atom. The van der Waals surface area contributed by atoms with E-state index >= 15 is 0 Å². The predicted molar refractivity (Wildman–Crippen MR) is 105 cm³/mol. The van der Waals surface area contributed by atoms with E-state index in [9.17, 15) is 9.59 Å². The van der Waals surface area contributed by atoms with Gasteiger partial charge in [-0.15, -0.1) is 0 Å². The molecule has 1 atom stereocenters. The topological polar surface area (TPSA) is 49.4 Å². The molecular weight excluding hydrogens is 371 g/mol. The molecule has 6 heteroatoms. The van der Waals surface area contributed by atoms with Crippen LogP contribution in [-0.2, 0) is 22.7 Å². The number of nitrogens with zero attached hydrogens (tertiary/aromatic N) is 1. The zero-order valence-electron chi connectivity index (χ0n) is 14.8. The molecule has 138 valence electrons. The number of carbonyl (C=O) groups is 2. The van der Waals surface area contributed by atoms with E-state index < -0.39 is 6.04 Å². The van der Waals surface area contributed by atoms with Crippen molar-refractivity contribution in [3.63, 3.8) is 0 Å². The predicted octanol–water partition coefficient (Wildman–Crippen LogP) is 4.44. The van der Waals surface area contributed by atoms with Crippen molar-refractivity contribution in [2.24, 2.45) is 0 Å². The quantitative estimate of drug-likeness (QED) is 0.756. The van der Waals surface area contributed by atoms with Gasteiger partial charge in [-0.05, 0) is 42.3 Å². The number of benzene rings is 2. The molecule has 2 aromatic rings. The van der Waals surface area contributed by atoms with E-state index in [4.69, 9.17) is 23.2 Å². The third-order valence-corrected chi connectivity index (χ3v) is 4.62. The molecule has 0 aliphatic rings. The second-order valence-corrected chi connectivity index (χ2v) is 6.89. The van der Waals surface area contributed by atoms with Crippen LogP contribution in [0.25, 0.3) is 0 Å². The molecule has 0 bridgehead atoms. The molecule has 0 aliphatic carbocycles. The van der Waals surface area contributed by atoms with Crippen molar-refractivity contribution < 1.29 is 9.59 Å². The summed E-state index contributed by atoms with van der Waals surface area (Å²) >= 11 is 11.8. The number of rotatable bonds is 7. The summed E-state index contributed by atoms with van der Waals surface area (Å²) < 4.78 is 0. The molecule has 0 aromatic heterocycles. The molecule has 1 N–H and O–H groups in total. The fourth-order valence-electron chi connectivity index (χ4n) is 2.51. The van der Waals surface area contributed by atoms with Crippen molar-refractivity contribution >= 4 is 35.0 Å². The summed E-state index contributed by atoms with van der Waals surface area (Å²) in [7, 11) is 0. The molecule has 0 heterocycles. The summed E-state index contributed by atoms with van der Waals surface area (Å²) in [5, 5.41) is 4.16. The van der Waals surface area contributed by atoms with Crippen LogP contribution in [0.1, 0.15) is 31.4 Å². The minimum absolute atomic E-state index is 0.0749. The second-order valence-electron chi connectivity index (χ2n) is 6.02. The summed E-state index contributed by atoms with van der Waals surface area (Å²) in [4.78, 5) is 26.5. The minimum atomic E-state index is -0.578. The molecule has 4 nitrogen and oxygen atoms in total. The fraction of sp³-hybridized carbons (Fsp3) is 0.300. The molecule has 0 spiro atoms. The third-order valence-electron chi connectivity index (χ3n) is 4.12.